The molecule has 0 aromatic rings. The van der Waals surface area contributed by atoms with E-state index >= 15 is 0 Å². The molecular formula is C12H23NO. The minimum atomic E-state index is 0.362. The number of carbonyl (C=O) groups is 1. The zero-order valence-corrected chi connectivity index (χ0v) is 9.81. The second-order valence-electron chi connectivity index (χ2n) is 4.31. The van der Waals surface area contributed by atoms with Crippen molar-refractivity contribution in [1.82, 2.24) is 4.90 Å². The maximum atomic E-state index is 11.2. The van der Waals surface area contributed by atoms with Gasteiger partial charge in [0.1, 0.15) is 5.78 Å². The lowest BCUT2D eigenvalue weighted by Gasteiger charge is -2.44. The topological polar surface area (TPSA) is 20.3 Å². The molecule has 14 heavy (non-hydrogen) atoms. The molecule has 1 rings (SSSR count). The third-order valence-corrected chi connectivity index (χ3v) is 3.97. The molecule has 1 aliphatic rings. The number of nitrogens with zero attached hydrogens (tertiary/aromatic N) is 1. The highest BCUT2D eigenvalue weighted by Gasteiger charge is 2.33. The predicted octanol–water partition coefficient (Wildman–Crippen LogP) is 2.62. The normalized spacial score (nSPS) is 20.1. The summed E-state index contributed by atoms with van der Waals surface area (Å²) in [6.07, 6.45) is 5.14. The van der Waals surface area contributed by atoms with E-state index in [0.717, 1.165) is 25.9 Å². The highest BCUT2D eigenvalue weighted by Crippen LogP contribution is 2.29. The van der Waals surface area contributed by atoms with Crippen LogP contribution >= 0.6 is 0 Å². The van der Waals surface area contributed by atoms with Crippen LogP contribution in [0.5, 0.6) is 0 Å². The van der Waals surface area contributed by atoms with Crippen LogP contribution in [-0.4, -0.2) is 29.3 Å². The summed E-state index contributed by atoms with van der Waals surface area (Å²) < 4.78 is 0. The van der Waals surface area contributed by atoms with E-state index in [1.54, 1.807) is 0 Å². The lowest BCUT2D eigenvalue weighted by molar-refractivity contribution is -0.123. The van der Waals surface area contributed by atoms with Gasteiger partial charge in [0.25, 0.3) is 0 Å². The Bertz CT molecular complexity index is 178. The fraction of sp³-hybridized carbons (Fsp3) is 0.917. The predicted molar refractivity (Wildman–Crippen MR) is 59.4 cm³/mol. The van der Waals surface area contributed by atoms with Crippen LogP contribution in [0.4, 0.5) is 0 Å². The maximum Gasteiger partial charge on any atom is 0.135 e. The van der Waals surface area contributed by atoms with Gasteiger partial charge in [-0.05, 0) is 19.3 Å². The number of Topliss-reactive ketones (excluding diaryl/α,β-unsaturated/α-hetero) is 1. The third kappa shape index (κ3) is 2.17. The number of hydrogen-bond acceptors (Lipinski definition) is 2. The first-order valence-electron chi connectivity index (χ1n) is 5.95. The molecule has 82 valence electrons. The van der Waals surface area contributed by atoms with Gasteiger partial charge in [-0.1, -0.05) is 20.8 Å². The minimum absolute atomic E-state index is 0.362. The number of hydrogen-bond donors (Lipinski definition) is 0. The van der Waals surface area contributed by atoms with Crippen LogP contribution in [0.2, 0.25) is 0 Å². The summed E-state index contributed by atoms with van der Waals surface area (Å²) in [6, 6.07) is 0. The van der Waals surface area contributed by atoms with Crippen LogP contribution in [-0.2, 0) is 4.79 Å². The van der Waals surface area contributed by atoms with E-state index in [9.17, 15) is 4.79 Å². The molecule has 2 nitrogen and oxygen atoms in total. The fourth-order valence-electron chi connectivity index (χ4n) is 2.65. The molecule has 0 aromatic heterocycles. The molecule has 1 aliphatic heterocycles. The van der Waals surface area contributed by atoms with Crippen LogP contribution in [0, 0.1) is 0 Å². The molecule has 0 N–H and O–H groups in total. The molecule has 1 fully saturated rings. The zero-order valence-electron chi connectivity index (χ0n) is 9.81. The number of rotatable bonds is 4. The van der Waals surface area contributed by atoms with Crippen LogP contribution < -0.4 is 0 Å². The Morgan fingerprint density at radius 3 is 1.86 bits per heavy atom. The third-order valence-electron chi connectivity index (χ3n) is 3.97. The molecule has 0 spiro atoms. The molecule has 0 aromatic carbocycles. The number of likely N-dealkylation sites (tertiary alicyclic amines) is 1. The maximum absolute atomic E-state index is 11.2. The van der Waals surface area contributed by atoms with Gasteiger partial charge in [-0.15, -0.1) is 0 Å². The first-order chi connectivity index (χ1) is 6.68. The van der Waals surface area contributed by atoms with Crippen molar-refractivity contribution in [3.63, 3.8) is 0 Å². The molecule has 0 bridgehead atoms. The molecule has 1 heterocycles. The van der Waals surface area contributed by atoms with Crippen LogP contribution in [0.1, 0.15) is 52.9 Å². The van der Waals surface area contributed by atoms with Gasteiger partial charge < -0.3 is 0 Å². The first kappa shape index (κ1) is 11.7. The van der Waals surface area contributed by atoms with E-state index in [-0.39, 0.29) is 0 Å². The number of carbonyl (C=O) groups excluding carboxylic acids is 1. The van der Waals surface area contributed by atoms with E-state index in [0.29, 0.717) is 11.3 Å². The average molecular weight is 197 g/mol. The average Bonchev–Trinajstić information content (AvgIpc) is 2.24. The smallest absolute Gasteiger partial charge is 0.135 e. The largest absolute Gasteiger partial charge is 0.300 e. The second-order valence-corrected chi connectivity index (χ2v) is 4.31. The van der Waals surface area contributed by atoms with Crippen molar-refractivity contribution in [2.24, 2.45) is 0 Å². The zero-order chi connectivity index (χ0) is 10.6. The molecule has 0 atom stereocenters. The Morgan fingerprint density at radius 1 is 1.07 bits per heavy atom. The van der Waals surface area contributed by atoms with Crippen molar-refractivity contribution in [1.29, 1.82) is 0 Å². The molecule has 1 saturated heterocycles. The summed E-state index contributed by atoms with van der Waals surface area (Å²) in [5, 5.41) is 0. The highest BCUT2D eigenvalue weighted by atomic mass is 16.1. The first-order valence-corrected chi connectivity index (χ1v) is 5.95. The molecule has 0 radical (unpaired) electrons. The van der Waals surface area contributed by atoms with Crippen LogP contribution in [0.25, 0.3) is 0 Å². The van der Waals surface area contributed by atoms with E-state index in [4.69, 9.17) is 0 Å². The van der Waals surface area contributed by atoms with Crippen molar-refractivity contribution < 1.29 is 4.79 Å². The highest BCUT2D eigenvalue weighted by molar-refractivity contribution is 5.79. The van der Waals surface area contributed by atoms with Crippen LogP contribution in [0.15, 0.2) is 0 Å². The van der Waals surface area contributed by atoms with Crippen molar-refractivity contribution in [2.75, 3.05) is 13.1 Å². The summed E-state index contributed by atoms with van der Waals surface area (Å²) in [5.74, 6) is 0.443. The Morgan fingerprint density at radius 2 is 1.50 bits per heavy atom. The Balaban J connectivity index is 2.64. The monoisotopic (exact) mass is 197 g/mol. The van der Waals surface area contributed by atoms with Crippen LogP contribution in [0.3, 0.4) is 0 Å². The molecular weight excluding hydrogens is 174 g/mol. The second kappa shape index (κ2) is 4.92. The number of ketones is 1. The van der Waals surface area contributed by atoms with Crippen molar-refractivity contribution in [2.45, 2.75) is 58.4 Å². The van der Waals surface area contributed by atoms with Gasteiger partial charge in [-0.3, -0.25) is 9.69 Å². The van der Waals surface area contributed by atoms with Gasteiger partial charge in [-0.2, -0.15) is 0 Å². The van der Waals surface area contributed by atoms with Gasteiger partial charge in [0.2, 0.25) is 0 Å². The van der Waals surface area contributed by atoms with Crippen molar-refractivity contribution >= 4 is 5.78 Å². The SMILES string of the molecule is CCC(CC)(CC)N1CCC(=O)CC1. The van der Waals surface area contributed by atoms with E-state index < -0.39 is 0 Å². The van der Waals surface area contributed by atoms with E-state index in [2.05, 4.69) is 25.7 Å². The lowest BCUT2D eigenvalue weighted by Crippen LogP contribution is -2.51. The minimum Gasteiger partial charge on any atom is -0.300 e. The molecule has 0 unspecified atom stereocenters. The summed E-state index contributed by atoms with van der Waals surface area (Å²) in [7, 11) is 0. The van der Waals surface area contributed by atoms with Gasteiger partial charge in [-0.25, -0.2) is 0 Å². The molecule has 0 aliphatic carbocycles. The van der Waals surface area contributed by atoms with Gasteiger partial charge in [0, 0.05) is 31.5 Å². The van der Waals surface area contributed by atoms with Gasteiger partial charge in [0.15, 0.2) is 0 Å². The van der Waals surface area contributed by atoms with Gasteiger partial charge >= 0.3 is 0 Å². The summed E-state index contributed by atoms with van der Waals surface area (Å²) in [6.45, 7) is 8.76. The Kier molecular flexibility index (Phi) is 4.11. The van der Waals surface area contributed by atoms with Crippen molar-refractivity contribution in [3.05, 3.63) is 0 Å². The molecule has 0 saturated carbocycles. The Labute approximate surface area is 87.7 Å². The van der Waals surface area contributed by atoms with Gasteiger partial charge in [0.05, 0.1) is 0 Å². The van der Waals surface area contributed by atoms with E-state index in [1.165, 1.54) is 19.3 Å². The summed E-state index contributed by atoms with van der Waals surface area (Å²) in [5.41, 5.74) is 0.362. The summed E-state index contributed by atoms with van der Waals surface area (Å²) >= 11 is 0. The Hall–Kier alpha value is -0.370. The molecule has 2 heteroatoms. The standard InChI is InChI=1S/C12H23NO/c1-4-12(5-2,6-3)13-9-7-11(14)8-10-13/h4-10H2,1-3H3. The van der Waals surface area contributed by atoms with E-state index in [1.807, 2.05) is 0 Å². The summed E-state index contributed by atoms with van der Waals surface area (Å²) in [4.78, 5) is 13.7. The fourth-order valence-corrected chi connectivity index (χ4v) is 2.65. The lowest BCUT2D eigenvalue weighted by atomic mass is 9.86. The quantitative estimate of drug-likeness (QED) is 0.690. The molecule has 0 amide bonds. The number of piperidine rings is 1. The van der Waals surface area contributed by atoms with Crippen molar-refractivity contribution in [3.8, 4) is 0 Å².